The molecule has 0 heterocycles. The smallest absolute Gasteiger partial charge is 0.319 e. The van der Waals surface area contributed by atoms with E-state index in [-0.39, 0.29) is 11.0 Å². The molecule has 2 saturated carbocycles. The molecule has 2 nitrogen and oxygen atoms in total. The molecule has 3 heteroatoms. The Balaban J connectivity index is 2.42. The Morgan fingerprint density at radius 2 is 1.30 bits per heavy atom. The van der Waals surface area contributed by atoms with Crippen molar-refractivity contribution in [3.8, 4) is 0 Å². The van der Waals surface area contributed by atoms with Crippen LogP contribution in [-0.2, 0) is 9.22 Å². The number of carbonyl (C=O) groups excluding carboxylic acids is 1. The van der Waals surface area contributed by atoms with E-state index in [0.717, 1.165) is 0 Å². The minimum absolute atomic E-state index is 0.0993. The first-order valence-corrected chi connectivity index (χ1v) is 11.7. The second kappa shape index (κ2) is 7.54. The van der Waals surface area contributed by atoms with E-state index in [1.54, 1.807) is 6.92 Å². The van der Waals surface area contributed by atoms with Crippen molar-refractivity contribution < 1.29 is 9.22 Å². The van der Waals surface area contributed by atoms with Gasteiger partial charge in [-0.15, -0.1) is 0 Å². The summed E-state index contributed by atoms with van der Waals surface area (Å²) in [6.07, 6.45) is 13.0. The standard InChI is InChI=1S/C20H36O2Si/c1-16(2)19(21)22-23(20(3,4)5,17-12-8-6-9-13-17)18-14-10-7-11-15-18/h17-18H,1,6-15H2,2-5H3. The van der Waals surface area contributed by atoms with Crippen molar-refractivity contribution in [1.82, 2.24) is 0 Å². The Labute approximate surface area is 144 Å². The number of carbonyl (C=O) groups is 1. The van der Waals surface area contributed by atoms with Gasteiger partial charge in [-0.05, 0) is 48.7 Å². The van der Waals surface area contributed by atoms with Crippen LogP contribution in [0.4, 0.5) is 0 Å². The molecule has 0 saturated heterocycles. The van der Waals surface area contributed by atoms with E-state index in [9.17, 15) is 4.79 Å². The molecule has 2 aliphatic carbocycles. The fourth-order valence-corrected chi connectivity index (χ4v) is 11.9. The lowest BCUT2D eigenvalue weighted by molar-refractivity contribution is -0.131. The van der Waals surface area contributed by atoms with Crippen molar-refractivity contribution in [2.45, 2.75) is 108 Å². The van der Waals surface area contributed by atoms with Crippen LogP contribution in [0.1, 0.15) is 91.9 Å². The van der Waals surface area contributed by atoms with Gasteiger partial charge >= 0.3 is 5.97 Å². The topological polar surface area (TPSA) is 26.3 Å². The minimum atomic E-state index is -2.23. The predicted octanol–water partition coefficient (Wildman–Crippen LogP) is 6.52. The zero-order chi connectivity index (χ0) is 17.1. The second-order valence-electron chi connectivity index (χ2n) is 8.88. The maximum Gasteiger partial charge on any atom is 0.319 e. The quantitative estimate of drug-likeness (QED) is 0.431. The van der Waals surface area contributed by atoms with Crippen LogP contribution in [-0.4, -0.2) is 14.3 Å². The number of hydrogen-bond donors (Lipinski definition) is 0. The van der Waals surface area contributed by atoms with Gasteiger partial charge in [0, 0.05) is 5.57 Å². The van der Waals surface area contributed by atoms with Crippen molar-refractivity contribution >= 4 is 14.3 Å². The third-order valence-corrected chi connectivity index (χ3v) is 12.7. The van der Waals surface area contributed by atoms with Gasteiger partial charge in [-0.3, -0.25) is 0 Å². The summed E-state index contributed by atoms with van der Waals surface area (Å²) in [7, 11) is -2.23. The molecule has 0 amide bonds. The summed E-state index contributed by atoms with van der Waals surface area (Å²) in [4.78, 5) is 12.6. The normalized spacial score (nSPS) is 21.9. The van der Waals surface area contributed by atoms with E-state index in [1.165, 1.54) is 64.2 Å². The van der Waals surface area contributed by atoms with Crippen molar-refractivity contribution in [2.24, 2.45) is 0 Å². The van der Waals surface area contributed by atoms with Gasteiger partial charge in [-0.2, -0.15) is 0 Å². The summed E-state index contributed by atoms with van der Waals surface area (Å²) >= 11 is 0. The Morgan fingerprint density at radius 3 is 1.61 bits per heavy atom. The highest BCUT2D eigenvalue weighted by molar-refractivity contribution is 6.80. The van der Waals surface area contributed by atoms with Gasteiger partial charge < -0.3 is 4.43 Å². The third kappa shape index (κ3) is 3.92. The van der Waals surface area contributed by atoms with Crippen molar-refractivity contribution in [2.75, 3.05) is 0 Å². The van der Waals surface area contributed by atoms with Gasteiger partial charge in [-0.25, -0.2) is 4.79 Å². The van der Waals surface area contributed by atoms with Crippen LogP contribution >= 0.6 is 0 Å². The fraction of sp³-hybridized carbons (Fsp3) is 0.850. The van der Waals surface area contributed by atoms with Gasteiger partial charge in [0.15, 0.2) is 0 Å². The molecule has 0 aromatic rings. The van der Waals surface area contributed by atoms with Crippen molar-refractivity contribution in [1.29, 1.82) is 0 Å². The zero-order valence-electron chi connectivity index (χ0n) is 15.7. The first kappa shape index (κ1) is 18.8. The lowest BCUT2D eigenvalue weighted by Gasteiger charge is -2.53. The van der Waals surface area contributed by atoms with Gasteiger partial charge in [0.2, 0.25) is 0 Å². The minimum Gasteiger partial charge on any atom is -0.515 e. The molecule has 2 aliphatic rings. The zero-order valence-corrected chi connectivity index (χ0v) is 16.7. The SMILES string of the molecule is C=C(C)C(=O)O[Si](C1CCCCC1)(C1CCCCC1)C(C)(C)C. The van der Waals surface area contributed by atoms with E-state index in [2.05, 4.69) is 27.4 Å². The molecule has 132 valence electrons. The summed E-state index contributed by atoms with van der Waals surface area (Å²) in [6.45, 7) is 12.7. The molecular weight excluding hydrogens is 300 g/mol. The molecule has 0 atom stereocenters. The first-order chi connectivity index (χ1) is 10.8. The average molecular weight is 337 g/mol. The Hall–Kier alpha value is -0.573. The average Bonchev–Trinajstić information content (AvgIpc) is 2.52. The van der Waals surface area contributed by atoms with Crippen LogP contribution < -0.4 is 0 Å². The monoisotopic (exact) mass is 336 g/mol. The fourth-order valence-electron chi connectivity index (χ4n) is 5.18. The van der Waals surface area contributed by atoms with Gasteiger partial charge in [-0.1, -0.05) is 65.9 Å². The van der Waals surface area contributed by atoms with Gasteiger partial charge in [0.05, 0.1) is 0 Å². The van der Waals surface area contributed by atoms with Crippen LogP contribution in [0.3, 0.4) is 0 Å². The Morgan fingerprint density at radius 1 is 0.913 bits per heavy atom. The molecule has 0 radical (unpaired) electrons. The highest BCUT2D eigenvalue weighted by atomic mass is 28.4. The summed E-state index contributed by atoms with van der Waals surface area (Å²) in [5.41, 5.74) is 1.85. The lowest BCUT2D eigenvalue weighted by Crippen LogP contribution is -2.57. The molecule has 0 spiro atoms. The van der Waals surface area contributed by atoms with Crippen molar-refractivity contribution in [3.05, 3.63) is 12.2 Å². The highest BCUT2D eigenvalue weighted by Gasteiger charge is 2.59. The molecule has 2 rings (SSSR count). The molecule has 0 aromatic carbocycles. The maximum absolute atomic E-state index is 12.6. The molecular formula is C20H36O2Si. The Kier molecular flexibility index (Phi) is 6.15. The van der Waals surface area contributed by atoms with E-state index in [4.69, 9.17) is 4.43 Å². The van der Waals surface area contributed by atoms with E-state index < -0.39 is 8.32 Å². The molecule has 23 heavy (non-hydrogen) atoms. The van der Waals surface area contributed by atoms with Crippen molar-refractivity contribution in [3.63, 3.8) is 0 Å². The second-order valence-corrected chi connectivity index (χ2v) is 13.8. The Bertz CT molecular complexity index is 405. The molecule has 0 bridgehead atoms. The lowest BCUT2D eigenvalue weighted by atomic mass is 9.99. The van der Waals surface area contributed by atoms with Crippen LogP contribution in [0, 0.1) is 0 Å². The van der Waals surface area contributed by atoms with Gasteiger partial charge in [0.1, 0.15) is 0 Å². The third-order valence-electron chi connectivity index (χ3n) is 6.21. The highest BCUT2D eigenvalue weighted by Crippen LogP contribution is 2.58. The van der Waals surface area contributed by atoms with Crippen LogP contribution in [0.15, 0.2) is 12.2 Å². The molecule has 0 aromatic heterocycles. The maximum atomic E-state index is 12.6. The summed E-state index contributed by atoms with van der Waals surface area (Å²) in [5, 5.41) is 0.0993. The molecule has 0 aliphatic heterocycles. The van der Waals surface area contributed by atoms with E-state index >= 15 is 0 Å². The first-order valence-electron chi connectivity index (χ1n) is 9.68. The largest absolute Gasteiger partial charge is 0.515 e. The molecule has 0 N–H and O–H groups in total. The summed E-state index contributed by atoms with van der Waals surface area (Å²) < 4.78 is 6.54. The predicted molar refractivity (Wildman–Crippen MR) is 100 cm³/mol. The van der Waals surface area contributed by atoms with E-state index in [0.29, 0.717) is 16.7 Å². The molecule has 2 fully saturated rings. The number of hydrogen-bond acceptors (Lipinski definition) is 2. The van der Waals surface area contributed by atoms with E-state index in [1.807, 2.05) is 0 Å². The van der Waals surface area contributed by atoms with Crippen LogP contribution in [0.5, 0.6) is 0 Å². The van der Waals surface area contributed by atoms with Crippen LogP contribution in [0.2, 0.25) is 16.1 Å². The number of rotatable bonds is 4. The summed E-state index contributed by atoms with van der Waals surface area (Å²) in [5.74, 6) is -0.122. The van der Waals surface area contributed by atoms with Crippen LogP contribution in [0.25, 0.3) is 0 Å². The summed E-state index contributed by atoms with van der Waals surface area (Å²) in [6, 6.07) is 0. The molecule has 0 unspecified atom stereocenters. The van der Waals surface area contributed by atoms with Gasteiger partial charge in [0.25, 0.3) is 8.32 Å².